The topological polar surface area (TPSA) is 12.9 Å². The largest absolute Gasteiger partial charge is 0.255 e. The summed E-state index contributed by atoms with van der Waals surface area (Å²) in [7, 11) is 0. The van der Waals surface area contributed by atoms with Crippen LogP contribution in [-0.4, -0.2) is 4.98 Å². The number of benzene rings is 1. The molecule has 0 saturated heterocycles. The van der Waals surface area contributed by atoms with Crippen molar-refractivity contribution in [2.24, 2.45) is 0 Å². The van der Waals surface area contributed by atoms with Gasteiger partial charge < -0.3 is 0 Å². The third kappa shape index (κ3) is 1.06. The fourth-order valence-corrected chi connectivity index (χ4v) is 3.02. The van der Waals surface area contributed by atoms with Gasteiger partial charge in [-0.05, 0) is 18.2 Å². The van der Waals surface area contributed by atoms with Crippen molar-refractivity contribution in [3.63, 3.8) is 0 Å². The van der Waals surface area contributed by atoms with Crippen LogP contribution in [0.4, 0.5) is 0 Å². The van der Waals surface area contributed by atoms with Crippen LogP contribution < -0.4 is 0 Å². The molecule has 14 heavy (non-hydrogen) atoms. The van der Waals surface area contributed by atoms with E-state index in [0.717, 1.165) is 10.4 Å². The predicted octanol–water partition coefficient (Wildman–Crippen LogP) is 3.74. The van der Waals surface area contributed by atoms with Crippen molar-refractivity contribution in [2.45, 2.75) is 4.90 Å². The standard InChI is InChI=1S/C11H7NS2/c13-8-4-1-3-7-10-9(14-11(7)8)5-2-6-12-10/h1-6,13H. The first kappa shape index (κ1) is 8.26. The van der Waals surface area contributed by atoms with Gasteiger partial charge in [0, 0.05) is 16.5 Å². The minimum absolute atomic E-state index is 1.03. The molecular formula is C11H7NS2. The summed E-state index contributed by atoms with van der Waals surface area (Å²) in [5.74, 6) is 0. The second-order valence-electron chi connectivity index (χ2n) is 3.11. The predicted molar refractivity (Wildman–Crippen MR) is 64.4 cm³/mol. The monoisotopic (exact) mass is 217 g/mol. The van der Waals surface area contributed by atoms with Crippen molar-refractivity contribution in [3.8, 4) is 0 Å². The molecule has 0 aliphatic heterocycles. The Morgan fingerprint density at radius 3 is 3.00 bits per heavy atom. The number of thiophene rings is 1. The van der Waals surface area contributed by atoms with Crippen molar-refractivity contribution in [1.82, 2.24) is 4.98 Å². The van der Waals surface area contributed by atoms with E-state index in [1.54, 1.807) is 11.3 Å². The van der Waals surface area contributed by atoms with Gasteiger partial charge in [-0.2, -0.15) is 0 Å². The third-order valence-corrected chi connectivity index (χ3v) is 3.95. The average molecular weight is 217 g/mol. The van der Waals surface area contributed by atoms with Crippen LogP contribution in [0.3, 0.4) is 0 Å². The first-order valence-corrected chi connectivity index (χ1v) is 5.58. The second-order valence-corrected chi connectivity index (χ2v) is 4.64. The molecule has 3 heteroatoms. The summed E-state index contributed by atoms with van der Waals surface area (Å²) < 4.78 is 2.45. The zero-order valence-electron chi connectivity index (χ0n) is 7.27. The number of hydrogen-bond donors (Lipinski definition) is 1. The Labute approximate surface area is 90.8 Å². The molecule has 2 aromatic heterocycles. The second kappa shape index (κ2) is 2.97. The fraction of sp³-hybridized carbons (Fsp3) is 0. The van der Waals surface area contributed by atoms with Crippen LogP contribution in [0.5, 0.6) is 0 Å². The molecule has 0 radical (unpaired) electrons. The van der Waals surface area contributed by atoms with E-state index in [0.29, 0.717) is 0 Å². The van der Waals surface area contributed by atoms with Crippen molar-refractivity contribution < 1.29 is 0 Å². The molecule has 0 unspecified atom stereocenters. The van der Waals surface area contributed by atoms with E-state index in [2.05, 4.69) is 29.7 Å². The Balaban J connectivity index is 2.63. The van der Waals surface area contributed by atoms with E-state index < -0.39 is 0 Å². The van der Waals surface area contributed by atoms with Crippen LogP contribution in [-0.2, 0) is 0 Å². The number of aromatic nitrogens is 1. The van der Waals surface area contributed by atoms with Gasteiger partial charge in [-0.1, -0.05) is 12.1 Å². The van der Waals surface area contributed by atoms with Gasteiger partial charge in [-0.15, -0.1) is 24.0 Å². The van der Waals surface area contributed by atoms with E-state index in [1.165, 1.54) is 14.8 Å². The van der Waals surface area contributed by atoms with Crippen LogP contribution in [0.2, 0.25) is 0 Å². The molecule has 0 aliphatic rings. The summed E-state index contributed by atoms with van der Waals surface area (Å²) >= 11 is 6.19. The minimum Gasteiger partial charge on any atom is -0.255 e. The smallest absolute Gasteiger partial charge is 0.0888 e. The maximum Gasteiger partial charge on any atom is 0.0888 e. The van der Waals surface area contributed by atoms with E-state index in [4.69, 9.17) is 0 Å². The average Bonchev–Trinajstić information content (AvgIpc) is 2.59. The first-order chi connectivity index (χ1) is 6.86. The highest BCUT2D eigenvalue weighted by Crippen LogP contribution is 2.35. The lowest BCUT2D eigenvalue weighted by Crippen LogP contribution is -1.71. The maximum absolute atomic E-state index is 4.44. The Morgan fingerprint density at radius 1 is 1.14 bits per heavy atom. The van der Waals surface area contributed by atoms with Gasteiger partial charge >= 0.3 is 0 Å². The lowest BCUT2D eigenvalue weighted by molar-refractivity contribution is 1.44. The molecule has 0 atom stereocenters. The Bertz CT molecular complexity index is 613. The number of hydrogen-bond acceptors (Lipinski definition) is 3. The van der Waals surface area contributed by atoms with Gasteiger partial charge in [0.25, 0.3) is 0 Å². The Kier molecular flexibility index (Phi) is 1.75. The summed E-state index contributed by atoms with van der Waals surface area (Å²) in [6.07, 6.45) is 1.83. The molecule has 0 N–H and O–H groups in total. The Hall–Kier alpha value is -1.06. The van der Waals surface area contributed by atoms with Gasteiger partial charge in [0.1, 0.15) is 0 Å². The van der Waals surface area contributed by atoms with Crippen LogP contribution in [0.25, 0.3) is 20.3 Å². The minimum atomic E-state index is 1.03. The lowest BCUT2D eigenvalue weighted by atomic mass is 10.2. The highest BCUT2D eigenvalue weighted by Gasteiger charge is 2.06. The zero-order chi connectivity index (χ0) is 9.54. The third-order valence-electron chi connectivity index (χ3n) is 2.23. The number of rotatable bonds is 0. The zero-order valence-corrected chi connectivity index (χ0v) is 8.98. The highest BCUT2D eigenvalue weighted by atomic mass is 32.1. The van der Waals surface area contributed by atoms with Crippen molar-refractivity contribution >= 4 is 44.3 Å². The normalized spacial score (nSPS) is 11.2. The number of fused-ring (bicyclic) bond motifs is 3. The molecule has 0 amide bonds. The van der Waals surface area contributed by atoms with Gasteiger partial charge in [0.05, 0.1) is 14.9 Å². The van der Waals surface area contributed by atoms with Crippen LogP contribution >= 0.6 is 24.0 Å². The van der Waals surface area contributed by atoms with E-state index in [1.807, 2.05) is 24.4 Å². The summed E-state index contributed by atoms with van der Waals surface area (Å²) in [6.45, 7) is 0. The van der Waals surface area contributed by atoms with Crippen molar-refractivity contribution in [3.05, 3.63) is 36.5 Å². The molecule has 1 aromatic carbocycles. The molecule has 3 rings (SSSR count). The van der Waals surface area contributed by atoms with Gasteiger partial charge in [-0.25, -0.2) is 0 Å². The molecule has 0 fully saturated rings. The quantitative estimate of drug-likeness (QED) is 0.566. The molecule has 0 spiro atoms. The van der Waals surface area contributed by atoms with Crippen LogP contribution in [0.15, 0.2) is 41.4 Å². The summed E-state index contributed by atoms with van der Waals surface area (Å²) in [6, 6.07) is 10.2. The summed E-state index contributed by atoms with van der Waals surface area (Å²) in [5.41, 5.74) is 1.09. The van der Waals surface area contributed by atoms with E-state index in [-0.39, 0.29) is 0 Å². The molecular weight excluding hydrogens is 210 g/mol. The molecule has 0 saturated carbocycles. The highest BCUT2D eigenvalue weighted by molar-refractivity contribution is 7.80. The van der Waals surface area contributed by atoms with Crippen LogP contribution in [0.1, 0.15) is 0 Å². The maximum atomic E-state index is 4.44. The lowest BCUT2D eigenvalue weighted by Gasteiger charge is -1.92. The number of thiol groups is 1. The van der Waals surface area contributed by atoms with Gasteiger partial charge in [-0.3, -0.25) is 4.98 Å². The van der Waals surface area contributed by atoms with E-state index in [9.17, 15) is 0 Å². The molecule has 68 valence electrons. The van der Waals surface area contributed by atoms with Crippen LogP contribution in [0, 0.1) is 0 Å². The number of nitrogens with zero attached hydrogens (tertiary/aromatic N) is 1. The van der Waals surface area contributed by atoms with Crippen molar-refractivity contribution in [2.75, 3.05) is 0 Å². The number of pyridine rings is 1. The molecule has 2 heterocycles. The Morgan fingerprint density at radius 2 is 2.07 bits per heavy atom. The van der Waals surface area contributed by atoms with Gasteiger partial charge in [0.15, 0.2) is 0 Å². The molecule has 1 nitrogen and oxygen atoms in total. The summed E-state index contributed by atoms with van der Waals surface area (Å²) in [4.78, 5) is 5.42. The molecule has 3 aromatic rings. The van der Waals surface area contributed by atoms with Gasteiger partial charge in [0.2, 0.25) is 0 Å². The van der Waals surface area contributed by atoms with Crippen molar-refractivity contribution in [1.29, 1.82) is 0 Å². The first-order valence-electron chi connectivity index (χ1n) is 4.31. The fourth-order valence-electron chi connectivity index (χ4n) is 1.60. The SMILES string of the molecule is Sc1cccc2c1sc1cccnc12. The summed E-state index contributed by atoms with van der Waals surface area (Å²) in [5, 5.41) is 1.21. The molecule has 0 bridgehead atoms. The van der Waals surface area contributed by atoms with E-state index >= 15 is 0 Å². The molecule has 0 aliphatic carbocycles.